The number of Topliss-reactive ketones (excluding diaryl/α,β-unsaturated/α-hetero) is 1. The van der Waals surface area contributed by atoms with Gasteiger partial charge in [-0.05, 0) is 37.1 Å². The number of benzene rings is 1. The molecule has 0 radical (unpaired) electrons. The number of hydrogen-bond donors (Lipinski definition) is 1. The number of nitrogens with one attached hydrogen (secondary N) is 1. The molecule has 0 fully saturated rings. The van der Waals surface area contributed by atoms with Crippen molar-refractivity contribution in [2.24, 2.45) is 0 Å². The number of ketones is 1. The summed E-state index contributed by atoms with van der Waals surface area (Å²) in [5.74, 6) is -0.460. The van der Waals surface area contributed by atoms with Gasteiger partial charge in [-0.1, -0.05) is 0 Å². The Morgan fingerprint density at radius 1 is 1.32 bits per heavy atom. The zero-order valence-corrected chi connectivity index (χ0v) is 11.6. The fourth-order valence-electron chi connectivity index (χ4n) is 1.97. The third kappa shape index (κ3) is 2.84. The van der Waals surface area contributed by atoms with Gasteiger partial charge in [0.15, 0.2) is 15.6 Å². The molecule has 1 aliphatic heterocycles. The average Bonchev–Trinajstić information content (AvgIpc) is 2.35. The molecule has 1 aliphatic rings. The van der Waals surface area contributed by atoms with Crippen molar-refractivity contribution < 1.29 is 18.0 Å². The maximum atomic E-state index is 12.1. The second-order valence-corrected chi connectivity index (χ2v) is 7.12. The summed E-state index contributed by atoms with van der Waals surface area (Å²) >= 11 is 0. The van der Waals surface area contributed by atoms with Gasteiger partial charge in [-0.3, -0.25) is 9.59 Å². The highest BCUT2D eigenvalue weighted by Gasteiger charge is 2.25. The Bertz CT molecular complexity index is 649. The Hall–Kier alpha value is -1.69. The third-order valence-corrected chi connectivity index (χ3v) is 4.80. The topological polar surface area (TPSA) is 80.3 Å². The van der Waals surface area contributed by atoms with Crippen molar-refractivity contribution in [3.05, 3.63) is 29.3 Å². The lowest BCUT2D eigenvalue weighted by Crippen LogP contribution is -2.27. The molecule has 0 bridgehead atoms. The van der Waals surface area contributed by atoms with Gasteiger partial charge in [-0.2, -0.15) is 0 Å². The molecular formula is C13H15NO4S. The molecule has 1 amide bonds. The Balaban J connectivity index is 2.33. The highest BCUT2D eigenvalue weighted by Crippen LogP contribution is 2.24. The first kappa shape index (κ1) is 13.7. The first-order valence-corrected chi connectivity index (χ1v) is 7.90. The minimum absolute atomic E-state index is 0.0453. The summed E-state index contributed by atoms with van der Waals surface area (Å²) in [6, 6.07) is 4.86. The number of rotatable bonds is 3. The van der Waals surface area contributed by atoms with E-state index >= 15 is 0 Å². The predicted octanol–water partition coefficient (Wildman–Crippen LogP) is 1.19. The van der Waals surface area contributed by atoms with Gasteiger partial charge in [0.25, 0.3) is 0 Å². The first-order valence-electron chi connectivity index (χ1n) is 5.95. The van der Waals surface area contributed by atoms with E-state index in [1.54, 1.807) is 18.2 Å². The van der Waals surface area contributed by atoms with Crippen LogP contribution in [-0.4, -0.2) is 31.6 Å². The molecule has 5 nitrogen and oxygen atoms in total. The monoisotopic (exact) mass is 281 g/mol. The molecule has 1 unspecified atom stereocenters. The largest absolute Gasteiger partial charge is 0.326 e. The summed E-state index contributed by atoms with van der Waals surface area (Å²) in [7, 11) is -3.40. The molecule has 1 aromatic rings. The van der Waals surface area contributed by atoms with E-state index in [1.807, 2.05) is 0 Å². The SMILES string of the molecule is CC(C(=O)c1ccc2c(c1)CCC(=O)N2)S(C)(=O)=O. The molecule has 1 heterocycles. The lowest BCUT2D eigenvalue weighted by Gasteiger charge is -2.18. The minimum Gasteiger partial charge on any atom is -0.326 e. The Labute approximate surface area is 111 Å². The highest BCUT2D eigenvalue weighted by atomic mass is 32.2. The van der Waals surface area contributed by atoms with E-state index in [2.05, 4.69) is 5.32 Å². The zero-order chi connectivity index (χ0) is 14.2. The quantitative estimate of drug-likeness (QED) is 0.844. The van der Waals surface area contributed by atoms with Crippen LogP contribution in [0.25, 0.3) is 0 Å². The molecule has 0 spiro atoms. The average molecular weight is 281 g/mol. The van der Waals surface area contributed by atoms with Crippen molar-refractivity contribution >= 4 is 27.2 Å². The smallest absolute Gasteiger partial charge is 0.224 e. The molecule has 2 rings (SSSR count). The highest BCUT2D eigenvalue weighted by molar-refractivity contribution is 7.92. The normalized spacial score (nSPS) is 16.4. The van der Waals surface area contributed by atoms with Crippen LogP contribution in [0.2, 0.25) is 0 Å². The van der Waals surface area contributed by atoms with E-state index in [0.29, 0.717) is 24.1 Å². The lowest BCUT2D eigenvalue weighted by molar-refractivity contribution is -0.116. The number of fused-ring (bicyclic) bond motifs is 1. The van der Waals surface area contributed by atoms with Crippen molar-refractivity contribution in [3.8, 4) is 0 Å². The molecule has 0 aliphatic carbocycles. The maximum Gasteiger partial charge on any atom is 0.224 e. The van der Waals surface area contributed by atoms with Gasteiger partial charge in [-0.15, -0.1) is 0 Å². The number of carbonyl (C=O) groups is 2. The Morgan fingerprint density at radius 2 is 2.00 bits per heavy atom. The number of hydrogen-bond acceptors (Lipinski definition) is 4. The number of sulfone groups is 1. The van der Waals surface area contributed by atoms with Crippen molar-refractivity contribution in [1.29, 1.82) is 0 Å². The van der Waals surface area contributed by atoms with E-state index in [9.17, 15) is 18.0 Å². The summed E-state index contributed by atoms with van der Waals surface area (Å²) in [4.78, 5) is 23.3. The Kier molecular flexibility index (Phi) is 3.45. The Morgan fingerprint density at radius 3 is 2.63 bits per heavy atom. The van der Waals surface area contributed by atoms with Crippen molar-refractivity contribution in [2.45, 2.75) is 25.0 Å². The van der Waals surface area contributed by atoms with Crippen LogP contribution in [0.5, 0.6) is 0 Å². The molecule has 0 saturated carbocycles. The fourth-order valence-corrected chi connectivity index (χ4v) is 2.49. The lowest BCUT2D eigenvalue weighted by atomic mass is 9.98. The number of carbonyl (C=O) groups excluding carboxylic acids is 2. The molecule has 6 heteroatoms. The van der Waals surface area contributed by atoms with Gasteiger partial charge in [0.1, 0.15) is 5.25 Å². The van der Waals surface area contributed by atoms with Crippen LogP contribution >= 0.6 is 0 Å². The van der Waals surface area contributed by atoms with E-state index < -0.39 is 20.9 Å². The van der Waals surface area contributed by atoms with Crippen molar-refractivity contribution in [3.63, 3.8) is 0 Å². The predicted molar refractivity (Wildman–Crippen MR) is 72.0 cm³/mol. The van der Waals surface area contributed by atoms with E-state index in [0.717, 1.165) is 11.8 Å². The molecule has 19 heavy (non-hydrogen) atoms. The van der Waals surface area contributed by atoms with Gasteiger partial charge in [0.2, 0.25) is 5.91 Å². The summed E-state index contributed by atoms with van der Waals surface area (Å²) in [5.41, 5.74) is 1.93. The van der Waals surface area contributed by atoms with Crippen LogP contribution in [0.3, 0.4) is 0 Å². The molecule has 1 N–H and O–H groups in total. The van der Waals surface area contributed by atoms with Crippen molar-refractivity contribution in [1.82, 2.24) is 0 Å². The number of aryl methyl sites for hydroxylation is 1. The van der Waals surface area contributed by atoms with Crippen molar-refractivity contribution in [2.75, 3.05) is 11.6 Å². The van der Waals surface area contributed by atoms with Crippen LogP contribution in [-0.2, 0) is 21.1 Å². The molecule has 1 atom stereocenters. The van der Waals surface area contributed by atoms with Crippen LogP contribution in [0.15, 0.2) is 18.2 Å². The minimum atomic E-state index is -3.40. The van der Waals surface area contributed by atoms with Crippen LogP contribution < -0.4 is 5.32 Å². The van der Waals surface area contributed by atoms with Gasteiger partial charge < -0.3 is 5.32 Å². The molecular weight excluding hydrogens is 266 g/mol. The first-order chi connectivity index (χ1) is 8.79. The summed E-state index contributed by atoms with van der Waals surface area (Å²) < 4.78 is 22.8. The zero-order valence-electron chi connectivity index (χ0n) is 10.8. The van der Waals surface area contributed by atoms with E-state index in [4.69, 9.17) is 0 Å². The van der Waals surface area contributed by atoms with Gasteiger partial charge in [-0.25, -0.2) is 8.42 Å². The van der Waals surface area contributed by atoms with Gasteiger partial charge in [0, 0.05) is 23.9 Å². The van der Waals surface area contributed by atoms with E-state index in [1.165, 1.54) is 6.92 Å². The summed E-state index contributed by atoms with van der Waals surface area (Å²) in [6.07, 6.45) is 2.00. The molecule has 0 aromatic heterocycles. The van der Waals surface area contributed by atoms with Gasteiger partial charge in [0.05, 0.1) is 0 Å². The molecule has 102 valence electrons. The maximum absolute atomic E-state index is 12.1. The molecule has 0 saturated heterocycles. The van der Waals surface area contributed by atoms with Crippen LogP contribution in [0.4, 0.5) is 5.69 Å². The fraction of sp³-hybridized carbons (Fsp3) is 0.385. The summed E-state index contributed by atoms with van der Waals surface area (Å²) in [6.45, 7) is 1.39. The summed E-state index contributed by atoms with van der Waals surface area (Å²) in [5, 5.41) is 1.66. The number of anilines is 1. The van der Waals surface area contributed by atoms with E-state index in [-0.39, 0.29) is 5.91 Å². The second kappa shape index (κ2) is 4.77. The standard InChI is InChI=1S/C13H15NO4S/c1-8(19(2,17)18)13(16)10-3-5-11-9(7-10)4-6-12(15)14-11/h3,5,7-8H,4,6H2,1-2H3,(H,14,15). The van der Waals surface area contributed by atoms with Crippen LogP contribution in [0, 0.1) is 0 Å². The van der Waals surface area contributed by atoms with Crippen LogP contribution in [0.1, 0.15) is 29.3 Å². The third-order valence-electron chi connectivity index (χ3n) is 3.30. The van der Waals surface area contributed by atoms with Gasteiger partial charge >= 0.3 is 0 Å². The number of amides is 1. The second-order valence-electron chi connectivity index (χ2n) is 4.76. The molecule has 1 aromatic carbocycles.